The van der Waals surface area contributed by atoms with Crippen molar-refractivity contribution in [1.29, 1.82) is 0 Å². The van der Waals surface area contributed by atoms with Crippen LogP contribution < -0.4 is 0 Å². The molecule has 0 aromatic heterocycles. The van der Waals surface area contributed by atoms with Crippen LogP contribution in [0, 0.1) is 17.8 Å². The van der Waals surface area contributed by atoms with Crippen molar-refractivity contribution in [2.24, 2.45) is 17.8 Å². The maximum Gasteiger partial charge on any atom is 0.293 e. The molecule has 0 bridgehead atoms. The largest absolute Gasteiger partial charge is 0.465 e. The molecule has 0 aliphatic rings. The van der Waals surface area contributed by atoms with Gasteiger partial charge in [-0.3, -0.25) is 4.79 Å². The Bertz CT molecular complexity index is 191. The van der Waals surface area contributed by atoms with Crippen LogP contribution in [0.5, 0.6) is 0 Å². The molecule has 0 aliphatic heterocycles. The molecule has 0 radical (unpaired) electrons. The third-order valence-electron chi connectivity index (χ3n) is 3.41. The van der Waals surface area contributed by atoms with Crippen molar-refractivity contribution in [1.82, 2.24) is 0 Å². The molecule has 2 heteroatoms. The van der Waals surface area contributed by atoms with E-state index in [2.05, 4.69) is 27.7 Å². The number of rotatable bonds is 10. The molecular formula is C15H30O2. The van der Waals surface area contributed by atoms with Gasteiger partial charge in [0, 0.05) is 0 Å². The predicted molar refractivity (Wildman–Crippen MR) is 72.9 cm³/mol. The van der Waals surface area contributed by atoms with Crippen molar-refractivity contribution in [2.75, 3.05) is 0 Å². The molecular weight excluding hydrogens is 212 g/mol. The number of carbonyl (C=O) groups excluding carboxylic acids is 1. The monoisotopic (exact) mass is 242 g/mol. The Morgan fingerprint density at radius 3 is 2.00 bits per heavy atom. The molecule has 0 amide bonds. The lowest BCUT2D eigenvalue weighted by molar-refractivity contribution is -0.133. The Balaban J connectivity index is 3.78. The lowest BCUT2D eigenvalue weighted by atomic mass is 9.86. The minimum absolute atomic E-state index is 0.0581. The lowest BCUT2D eigenvalue weighted by Crippen LogP contribution is -2.14. The quantitative estimate of drug-likeness (QED) is 0.530. The topological polar surface area (TPSA) is 26.3 Å². The van der Waals surface area contributed by atoms with Crippen LogP contribution in [0.2, 0.25) is 0 Å². The summed E-state index contributed by atoms with van der Waals surface area (Å²) in [4.78, 5) is 10.2. The zero-order chi connectivity index (χ0) is 13.3. The second kappa shape index (κ2) is 9.49. The van der Waals surface area contributed by atoms with Crippen molar-refractivity contribution < 1.29 is 9.53 Å². The van der Waals surface area contributed by atoms with Crippen LogP contribution in [-0.2, 0) is 9.53 Å². The summed E-state index contributed by atoms with van der Waals surface area (Å²) in [6, 6.07) is 0. The highest BCUT2D eigenvalue weighted by molar-refractivity contribution is 5.37. The zero-order valence-electron chi connectivity index (χ0n) is 12.2. The van der Waals surface area contributed by atoms with Crippen LogP contribution in [0.25, 0.3) is 0 Å². The molecule has 0 rings (SSSR count). The zero-order valence-corrected chi connectivity index (χ0v) is 12.2. The molecule has 0 N–H and O–H groups in total. The van der Waals surface area contributed by atoms with Gasteiger partial charge in [0.2, 0.25) is 0 Å². The van der Waals surface area contributed by atoms with Gasteiger partial charge in [-0.25, -0.2) is 0 Å². The van der Waals surface area contributed by atoms with E-state index < -0.39 is 0 Å². The molecule has 4 atom stereocenters. The SMILES string of the molecule is CCC[C@@H](C)C[C@@H](C)C[C@H](C)C[C@@H](C)OC=O. The fourth-order valence-corrected chi connectivity index (χ4v) is 2.89. The average molecular weight is 242 g/mol. The van der Waals surface area contributed by atoms with Gasteiger partial charge < -0.3 is 4.74 Å². The van der Waals surface area contributed by atoms with E-state index in [1.165, 1.54) is 25.7 Å². The van der Waals surface area contributed by atoms with E-state index in [0.717, 1.165) is 18.3 Å². The molecule has 17 heavy (non-hydrogen) atoms. The molecule has 0 saturated carbocycles. The summed E-state index contributed by atoms with van der Waals surface area (Å²) in [5.41, 5.74) is 0. The van der Waals surface area contributed by atoms with Gasteiger partial charge in [-0.15, -0.1) is 0 Å². The number of ether oxygens (including phenoxy) is 1. The van der Waals surface area contributed by atoms with Gasteiger partial charge in [-0.1, -0.05) is 40.5 Å². The van der Waals surface area contributed by atoms with E-state index in [1.54, 1.807) is 0 Å². The first-order chi connectivity index (χ1) is 7.99. The van der Waals surface area contributed by atoms with Crippen LogP contribution in [-0.4, -0.2) is 12.6 Å². The molecule has 0 fully saturated rings. The number of carbonyl (C=O) groups is 1. The second-order valence-electron chi connectivity index (χ2n) is 5.85. The summed E-state index contributed by atoms with van der Waals surface area (Å²) >= 11 is 0. The fourth-order valence-electron chi connectivity index (χ4n) is 2.89. The maximum absolute atomic E-state index is 10.2. The van der Waals surface area contributed by atoms with Crippen molar-refractivity contribution in [3.05, 3.63) is 0 Å². The molecule has 2 nitrogen and oxygen atoms in total. The molecule has 0 aromatic carbocycles. The summed E-state index contributed by atoms with van der Waals surface area (Å²) in [6.07, 6.45) is 6.21. The van der Waals surface area contributed by atoms with E-state index in [9.17, 15) is 4.79 Å². The first-order valence-corrected chi connectivity index (χ1v) is 7.08. The van der Waals surface area contributed by atoms with Crippen molar-refractivity contribution >= 4 is 6.47 Å². The first-order valence-electron chi connectivity index (χ1n) is 7.08. The van der Waals surface area contributed by atoms with Crippen molar-refractivity contribution in [2.45, 2.75) is 72.8 Å². The average Bonchev–Trinajstić information content (AvgIpc) is 2.16. The molecule has 0 spiro atoms. The van der Waals surface area contributed by atoms with Gasteiger partial charge >= 0.3 is 0 Å². The van der Waals surface area contributed by atoms with Gasteiger partial charge in [-0.2, -0.15) is 0 Å². The summed E-state index contributed by atoms with van der Waals surface area (Å²) in [5, 5.41) is 0. The predicted octanol–water partition coefficient (Wildman–Crippen LogP) is 4.43. The molecule has 102 valence electrons. The Labute approximate surface area is 107 Å². The maximum atomic E-state index is 10.2. The van der Waals surface area contributed by atoms with Crippen molar-refractivity contribution in [3.8, 4) is 0 Å². The van der Waals surface area contributed by atoms with Gasteiger partial charge in [-0.05, 0) is 43.9 Å². The van der Waals surface area contributed by atoms with E-state index >= 15 is 0 Å². The third kappa shape index (κ3) is 9.20. The minimum atomic E-state index is 0.0581. The second-order valence-corrected chi connectivity index (χ2v) is 5.85. The Morgan fingerprint density at radius 1 is 0.941 bits per heavy atom. The Kier molecular flexibility index (Phi) is 9.20. The van der Waals surface area contributed by atoms with E-state index in [0.29, 0.717) is 12.4 Å². The third-order valence-corrected chi connectivity index (χ3v) is 3.41. The van der Waals surface area contributed by atoms with Crippen LogP contribution in [0.3, 0.4) is 0 Å². The van der Waals surface area contributed by atoms with Gasteiger partial charge in [0.15, 0.2) is 0 Å². The summed E-state index contributed by atoms with van der Waals surface area (Å²) in [7, 11) is 0. The molecule has 0 heterocycles. The van der Waals surface area contributed by atoms with Crippen LogP contribution in [0.4, 0.5) is 0 Å². The smallest absolute Gasteiger partial charge is 0.293 e. The highest BCUT2D eigenvalue weighted by Crippen LogP contribution is 2.24. The highest BCUT2D eigenvalue weighted by Gasteiger charge is 2.14. The Hall–Kier alpha value is -0.530. The first kappa shape index (κ1) is 16.5. The summed E-state index contributed by atoms with van der Waals surface area (Å²) in [6.45, 7) is 11.7. The van der Waals surface area contributed by atoms with E-state index in [-0.39, 0.29) is 6.10 Å². The van der Waals surface area contributed by atoms with E-state index in [1.807, 2.05) is 6.92 Å². The summed E-state index contributed by atoms with van der Waals surface area (Å²) in [5.74, 6) is 2.25. The summed E-state index contributed by atoms with van der Waals surface area (Å²) < 4.78 is 4.93. The molecule has 0 unspecified atom stereocenters. The van der Waals surface area contributed by atoms with Crippen molar-refractivity contribution in [3.63, 3.8) is 0 Å². The molecule has 0 aliphatic carbocycles. The van der Waals surface area contributed by atoms with Crippen LogP contribution >= 0.6 is 0 Å². The number of hydrogen-bond donors (Lipinski definition) is 0. The van der Waals surface area contributed by atoms with E-state index in [4.69, 9.17) is 4.74 Å². The highest BCUT2D eigenvalue weighted by atomic mass is 16.5. The van der Waals surface area contributed by atoms with Crippen LogP contribution in [0.1, 0.15) is 66.7 Å². The molecule has 0 aromatic rings. The lowest BCUT2D eigenvalue weighted by Gasteiger charge is -2.22. The normalized spacial score (nSPS) is 18.2. The van der Waals surface area contributed by atoms with Gasteiger partial charge in [0.05, 0.1) is 6.10 Å². The van der Waals surface area contributed by atoms with Gasteiger partial charge in [0.25, 0.3) is 6.47 Å². The number of hydrogen-bond acceptors (Lipinski definition) is 2. The van der Waals surface area contributed by atoms with Crippen LogP contribution in [0.15, 0.2) is 0 Å². The van der Waals surface area contributed by atoms with Gasteiger partial charge in [0.1, 0.15) is 0 Å². The minimum Gasteiger partial charge on any atom is -0.465 e. The molecule has 0 saturated heterocycles. The fraction of sp³-hybridized carbons (Fsp3) is 0.933. The standard InChI is InChI=1S/C15H30O2/c1-6-7-12(2)8-13(3)9-14(4)10-15(5)17-11-16/h11-15H,6-10H2,1-5H3/t12-,13-,14+,15-/m1/s1. The Morgan fingerprint density at radius 2 is 1.47 bits per heavy atom.